The average molecular weight is 284 g/mol. The highest BCUT2D eigenvalue weighted by molar-refractivity contribution is 6.30. The van der Waals surface area contributed by atoms with Crippen LogP contribution in [0.3, 0.4) is 0 Å². The van der Waals surface area contributed by atoms with Crippen molar-refractivity contribution in [1.29, 1.82) is 0 Å². The van der Waals surface area contributed by atoms with Crippen molar-refractivity contribution >= 4 is 17.4 Å². The molecule has 4 heteroatoms. The summed E-state index contributed by atoms with van der Waals surface area (Å²) in [5.74, 6) is 0.121. The molecule has 0 aromatic heterocycles. The molecule has 19 heavy (non-hydrogen) atoms. The lowest BCUT2D eigenvalue weighted by molar-refractivity contribution is 0.0956. The summed E-state index contributed by atoms with van der Waals surface area (Å²) in [6.45, 7) is 4.54. The minimum absolute atomic E-state index is 0.121. The van der Waals surface area contributed by atoms with Crippen molar-refractivity contribution in [2.75, 3.05) is 26.2 Å². The number of nitrogens with zero attached hydrogens (tertiary/aromatic N) is 1. The van der Waals surface area contributed by atoms with Crippen molar-refractivity contribution in [3.8, 4) is 0 Å². The number of halogens is 1. The Bertz CT molecular complexity index is 378. The Morgan fingerprint density at radius 1 is 1.21 bits per heavy atom. The second-order valence-corrected chi connectivity index (χ2v) is 5.04. The van der Waals surface area contributed by atoms with E-state index in [1.807, 2.05) is 0 Å². The first kappa shape index (κ1) is 16.2. The molecule has 3 nitrogen and oxygen atoms in total. The van der Waals surface area contributed by atoms with E-state index in [9.17, 15) is 4.79 Å². The highest BCUT2D eigenvalue weighted by atomic mass is 35.5. The molecule has 0 radical (unpaired) electrons. The molecule has 0 spiro atoms. The zero-order valence-corrected chi connectivity index (χ0v) is 12.2. The summed E-state index contributed by atoms with van der Waals surface area (Å²) in [6, 6.07) is 6.98. The standard InChI is InChI=1S/C15H22ClNO2/c1-2-3-9-17(11-12-18)10-8-15(19)13-4-6-14(16)7-5-13/h4-7,18H,2-3,8-12H2,1H3. The van der Waals surface area contributed by atoms with Gasteiger partial charge in [0.05, 0.1) is 6.61 Å². The van der Waals surface area contributed by atoms with Crippen LogP contribution in [-0.4, -0.2) is 42.0 Å². The summed E-state index contributed by atoms with van der Waals surface area (Å²) < 4.78 is 0. The van der Waals surface area contributed by atoms with Gasteiger partial charge >= 0.3 is 0 Å². The molecule has 0 bridgehead atoms. The first-order valence-corrected chi connectivity index (χ1v) is 7.17. The van der Waals surface area contributed by atoms with Crippen LogP contribution < -0.4 is 0 Å². The molecule has 0 aliphatic heterocycles. The van der Waals surface area contributed by atoms with E-state index in [1.165, 1.54) is 0 Å². The zero-order valence-electron chi connectivity index (χ0n) is 11.4. The van der Waals surface area contributed by atoms with Gasteiger partial charge in [-0.3, -0.25) is 4.79 Å². The molecule has 1 aromatic rings. The van der Waals surface area contributed by atoms with E-state index in [0.29, 0.717) is 30.1 Å². The number of benzene rings is 1. The van der Waals surface area contributed by atoms with Gasteiger partial charge in [-0.15, -0.1) is 0 Å². The highest BCUT2D eigenvalue weighted by Gasteiger charge is 2.09. The van der Waals surface area contributed by atoms with Crippen molar-refractivity contribution in [2.45, 2.75) is 26.2 Å². The summed E-state index contributed by atoms with van der Waals surface area (Å²) in [7, 11) is 0. The number of hydrogen-bond acceptors (Lipinski definition) is 3. The summed E-state index contributed by atoms with van der Waals surface area (Å²) >= 11 is 5.80. The number of rotatable bonds is 9. The second-order valence-electron chi connectivity index (χ2n) is 4.60. The lowest BCUT2D eigenvalue weighted by Gasteiger charge is -2.20. The van der Waals surface area contributed by atoms with E-state index in [-0.39, 0.29) is 12.4 Å². The number of unbranched alkanes of at least 4 members (excludes halogenated alkanes) is 1. The largest absolute Gasteiger partial charge is 0.395 e. The normalized spacial score (nSPS) is 10.9. The first-order valence-electron chi connectivity index (χ1n) is 6.79. The van der Waals surface area contributed by atoms with Crippen molar-refractivity contribution < 1.29 is 9.90 Å². The van der Waals surface area contributed by atoms with Gasteiger partial charge in [-0.05, 0) is 37.2 Å². The number of carbonyl (C=O) groups is 1. The van der Waals surface area contributed by atoms with E-state index in [0.717, 1.165) is 19.4 Å². The maximum atomic E-state index is 12.0. The third-order valence-electron chi connectivity index (χ3n) is 3.07. The van der Waals surface area contributed by atoms with Gasteiger partial charge in [0, 0.05) is 30.1 Å². The maximum Gasteiger partial charge on any atom is 0.164 e. The molecule has 0 amide bonds. The molecule has 106 valence electrons. The first-order chi connectivity index (χ1) is 9.17. The molecular formula is C15H22ClNO2. The van der Waals surface area contributed by atoms with Crippen molar-refractivity contribution in [3.63, 3.8) is 0 Å². The van der Waals surface area contributed by atoms with Crippen LogP contribution in [0.5, 0.6) is 0 Å². The van der Waals surface area contributed by atoms with Gasteiger partial charge in [-0.1, -0.05) is 24.9 Å². The Labute approximate surface area is 120 Å². The average Bonchev–Trinajstić information content (AvgIpc) is 2.42. The van der Waals surface area contributed by atoms with Crippen LogP contribution in [0.2, 0.25) is 5.02 Å². The number of Topliss-reactive ketones (excluding diaryl/α,β-unsaturated/α-hetero) is 1. The summed E-state index contributed by atoms with van der Waals surface area (Å²) in [4.78, 5) is 14.1. The molecule has 1 rings (SSSR count). The fourth-order valence-corrected chi connectivity index (χ4v) is 2.02. The SMILES string of the molecule is CCCCN(CCO)CCC(=O)c1ccc(Cl)cc1. The predicted molar refractivity (Wildman–Crippen MR) is 78.8 cm³/mol. The van der Waals surface area contributed by atoms with Crippen LogP contribution in [0.1, 0.15) is 36.5 Å². The van der Waals surface area contributed by atoms with E-state index in [2.05, 4.69) is 11.8 Å². The van der Waals surface area contributed by atoms with Crippen LogP contribution in [0.4, 0.5) is 0 Å². The van der Waals surface area contributed by atoms with Crippen LogP contribution >= 0.6 is 11.6 Å². The highest BCUT2D eigenvalue weighted by Crippen LogP contribution is 2.11. The van der Waals surface area contributed by atoms with Crippen LogP contribution in [0.15, 0.2) is 24.3 Å². The van der Waals surface area contributed by atoms with E-state index >= 15 is 0 Å². The number of aliphatic hydroxyl groups excluding tert-OH is 1. The molecule has 1 N–H and O–H groups in total. The van der Waals surface area contributed by atoms with Crippen LogP contribution in [-0.2, 0) is 0 Å². The zero-order chi connectivity index (χ0) is 14.1. The van der Waals surface area contributed by atoms with Crippen molar-refractivity contribution in [2.24, 2.45) is 0 Å². The number of carbonyl (C=O) groups excluding carboxylic acids is 1. The van der Waals surface area contributed by atoms with Gasteiger partial charge in [0.1, 0.15) is 0 Å². The van der Waals surface area contributed by atoms with Crippen molar-refractivity contribution in [3.05, 3.63) is 34.9 Å². The Balaban J connectivity index is 2.44. The lowest BCUT2D eigenvalue weighted by atomic mass is 10.1. The molecule has 0 heterocycles. The summed E-state index contributed by atoms with van der Waals surface area (Å²) in [5, 5.41) is 9.65. The topological polar surface area (TPSA) is 40.5 Å². The molecule has 0 fully saturated rings. The Kier molecular flexibility index (Phi) is 7.72. The molecule has 0 unspecified atom stereocenters. The minimum Gasteiger partial charge on any atom is -0.395 e. The monoisotopic (exact) mass is 283 g/mol. The maximum absolute atomic E-state index is 12.0. The fraction of sp³-hybridized carbons (Fsp3) is 0.533. The molecule has 0 aliphatic carbocycles. The van der Waals surface area contributed by atoms with Crippen LogP contribution in [0, 0.1) is 0 Å². The summed E-state index contributed by atoms with van der Waals surface area (Å²) in [5.41, 5.74) is 0.698. The van der Waals surface area contributed by atoms with Crippen molar-refractivity contribution in [1.82, 2.24) is 4.90 Å². The van der Waals surface area contributed by atoms with E-state index in [4.69, 9.17) is 16.7 Å². The van der Waals surface area contributed by atoms with Gasteiger partial charge in [0.2, 0.25) is 0 Å². The third kappa shape index (κ3) is 6.19. The lowest BCUT2D eigenvalue weighted by Crippen LogP contribution is -2.30. The van der Waals surface area contributed by atoms with Gasteiger partial charge in [0.15, 0.2) is 5.78 Å². The quantitative estimate of drug-likeness (QED) is 0.708. The molecule has 0 atom stereocenters. The molecule has 0 saturated heterocycles. The summed E-state index contributed by atoms with van der Waals surface area (Å²) in [6.07, 6.45) is 2.69. The molecule has 1 aromatic carbocycles. The number of aliphatic hydroxyl groups is 1. The second kappa shape index (κ2) is 9.08. The fourth-order valence-electron chi connectivity index (χ4n) is 1.90. The molecule has 0 aliphatic rings. The van der Waals surface area contributed by atoms with Gasteiger partial charge < -0.3 is 10.0 Å². The molecule has 0 saturated carbocycles. The Morgan fingerprint density at radius 2 is 1.89 bits per heavy atom. The number of ketones is 1. The predicted octanol–water partition coefficient (Wildman–Crippen LogP) is 3.01. The molecular weight excluding hydrogens is 262 g/mol. The van der Waals surface area contributed by atoms with E-state index in [1.54, 1.807) is 24.3 Å². The van der Waals surface area contributed by atoms with E-state index < -0.39 is 0 Å². The van der Waals surface area contributed by atoms with Gasteiger partial charge in [-0.25, -0.2) is 0 Å². The minimum atomic E-state index is 0.121. The smallest absolute Gasteiger partial charge is 0.164 e. The van der Waals surface area contributed by atoms with Gasteiger partial charge in [-0.2, -0.15) is 0 Å². The Morgan fingerprint density at radius 3 is 2.47 bits per heavy atom. The third-order valence-corrected chi connectivity index (χ3v) is 3.32. The number of hydrogen-bond donors (Lipinski definition) is 1. The van der Waals surface area contributed by atoms with Gasteiger partial charge in [0.25, 0.3) is 0 Å². The Hall–Kier alpha value is -0.900. The van der Waals surface area contributed by atoms with Crippen LogP contribution in [0.25, 0.3) is 0 Å².